The summed E-state index contributed by atoms with van der Waals surface area (Å²) in [5, 5.41) is 4.96. The average Bonchev–Trinajstić information content (AvgIpc) is 3.54. The third kappa shape index (κ3) is 3.14. The standard InChI is InChI=1S/C34H30ClN3O3/c1-33-17-9-8-14-23(33)28(33)30(39)37-36-18-34-21-12-4-2-10-19(21)26(20-11-3-5-13-22(20)34)27-29(34)32(41)38(31(27)40)25-16-7-6-15-24(25)35/h2-7,10-13,15-16,18,23,26-29H,8-9,14,17H2,1H3,(H,37,39)/b36-18-/t23-,26?,27-,28+,29+,33-,34?/m0/s1. The van der Waals surface area contributed by atoms with Crippen LogP contribution in [0.5, 0.6) is 0 Å². The van der Waals surface area contributed by atoms with Crippen molar-refractivity contribution in [3.05, 3.63) is 100 Å². The Morgan fingerprint density at radius 2 is 1.61 bits per heavy atom. The van der Waals surface area contributed by atoms with E-state index in [1.807, 2.05) is 36.4 Å². The number of carbonyl (C=O) groups is 3. The first kappa shape index (κ1) is 25.0. The van der Waals surface area contributed by atoms with Crippen molar-refractivity contribution in [3.8, 4) is 0 Å². The van der Waals surface area contributed by atoms with Crippen LogP contribution in [-0.2, 0) is 19.8 Å². The molecule has 1 heterocycles. The summed E-state index contributed by atoms with van der Waals surface area (Å²) in [5.74, 6) is -1.81. The van der Waals surface area contributed by atoms with Crippen molar-refractivity contribution in [2.75, 3.05) is 4.90 Å². The van der Waals surface area contributed by atoms with Gasteiger partial charge in [0, 0.05) is 18.1 Å². The first-order valence-corrected chi connectivity index (χ1v) is 14.9. The number of hydrogen-bond donors (Lipinski definition) is 1. The molecular weight excluding hydrogens is 534 g/mol. The predicted octanol–water partition coefficient (Wildman–Crippen LogP) is 5.82. The average molecular weight is 564 g/mol. The summed E-state index contributed by atoms with van der Waals surface area (Å²) in [5.41, 5.74) is 6.26. The summed E-state index contributed by atoms with van der Waals surface area (Å²) in [7, 11) is 0. The molecule has 0 spiro atoms. The van der Waals surface area contributed by atoms with E-state index in [4.69, 9.17) is 11.6 Å². The van der Waals surface area contributed by atoms with Crippen LogP contribution in [0.25, 0.3) is 0 Å². The number of benzene rings is 3. The van der Waals surface area contributed by atoms with Gasteiger partial charge in [-0.3, -0.25) is 14.4 Å². The van der Waals surface area contributed by atoms with Crippen LogP contribution in [0.2, 0.25) is 5.02 Å². The van der Waals surface area contributed by atoms with E-state index in [0.29, 0.717) is 16.6 Å². The normalized spacial score (nSPS) is 34.2. The van der Waals surface area contributed by atoms with E-state index < -0.39 is 17.3 Å². The fourth-order valence-electron chi connectivity index (χ4n) is 9.04. The largest absolute Gasteiger partial charge is 0.274 e. The van der Waals surface area contributed by atoms with Crippen LogP contribution in [0.4, 0.5) is 5.69 Å². The first-order valence-electron chi connectivity index (χ1n) is 14.5. The molecule has 5 aliphatic carbocycles. The summed E-state index contributed by atoms with van der Waals surface area (Å²) in [6, 6.07) is 23.0. The van der Waals surface area contributed by atoms with E-state index in [1.165, 1.54) is 17.7 Å². The molecule has 7 heteroatoms. The lowest BCUT2D eigenvalue weighted by molar-refractivity contribution is -0.124. The van der Waals surface area contributed by atoms with Crippen molar-refractivity contribution < 1.29 is 14.4 Å². The molecule has 6 aliphatic rings. The second-order valence-corrected chi connectivity index (χ2v) is 13.0. The zero-order chi connectivity index (χ0) is 28.1. The van der Waals surface area contributed by atoms with E-state index >= 15 is 0 Å². The lowest BCUT2D eigenvalue weighted by Gasteiger charge is -2.52. The van der Waals surface area contributed by atoms with Crippen LogP contribution in [0.3, 0.4) is 0 Å². The number of carbonyl (C=O) groups excluding carboxylic acids is 3. The van der Waals surface area contributed by atoms with E-state index in [-0.39, 0.29) is 35.0 Å². The van der Waals surface area contributed by atoms with E-state index in [0.717, 1.165) is 35.1 Å². The van der Waals surface area contributed by atoms with Crippen LogP contribution in [-0.4, -0.2) is 23.9 Å². The molecule has 5 atom stereocenters. The molecule has 2 bridgehead atoms. The highest BCUT2D eigenvalue weighted by Crippen LogP contribution is 2.66. The summed E-state index contributed by atoms with van der Waals surface area (Å²) in [4.78, 5) is 43.3. The molecule has 3 aromatic rings. The Morgan fingerprint density at radius 3 is 2.27 bits per heavy atom. The summed E-state index contributed by atoms with van der Waals surface area (Å²) < 4.78 is 0. The number of nitrogens with one attached hydrogen (secondary N) is 1. The van der Waals surface area contributed by atoms with Gasteiger partial charge in [-0.05, 0) is 58.6 Å². The Kier molecular flexibility index (Phi) is 5.25. The van der Waals surface area contributed by atoms with Gasteiger partial charge in [0.2, 0.25) is 17.7 Å². The molecule has 9 rings (SSSR count). The van der Waals surface area contributed by atoms with E-state index in [1.54, 1.807) is 30.5 Å². The highest BCUT2D eigenvalue weighted by atomic mass is 35.5. The van der Waals surface area contributed by atoms with Crippen molar-refractivity contribution >= 4 is 41.2 Å². The molecule has 3 amide bonds. The van der Waals surface area contributed by atoms with Gasteiger partial charge in [-0.1, -0.05) is 92.0 Å². The molecule has 3 aromatic carbocycles. The number of hydrazone groups is 1. The van der Waals surface area contributed by atoms with Gasteiger partial charge in [-0.2, -0.15) is 5.10 Å². The summed E-state index contributed by atoms with van der Waals surface area (Å²) in [6.07, 6.45) is 6.24. The predicted molar refractivity (Wildman–Crippen MR) is 157 cm³/mol. The molecule has 1 N–H and O–H groups in total. The number of rotatable bonds is 4. The van der Waals surface area contributed by atoms with Crippen molar-refractivity contribution in [2.45, 2.75) is 43.9 Å². The molecule has 41 heavy (non-hydrogen) atoms. The maximum Gasteiger partial charge on any atom is 0.244 e. The van der Waals surface area contributed by atoms with Gasteiger partial charge < -0.3 is 0 Å². The zero-order valence-corrected chi connectivity index (χ0v) is 23.5. The van der Waals surface area contributed by atoms with Gasteiger partial charge in [-0.15, -0.1) is 0 Å². The Labute approximate surface area is 243 Å². The van der Waals surface area contributed by atoms with Gasteiger partial charge in [0.25, 0.3) is 0 Å². The fourth-order valence-corrected chi connectivity index (χ4v) is 9.26. The lowest BCUT2D eigenvalue weighted by atomic mass is 9.47. The highest BCUT2D eigenvalue weighted by Gasteiger charge is 2.68. The molecular formula is C34H30ClN3O3. The molecule has 0 unspecified atom stereocenters. The first-order chi connectivity index (χ1) is 19.9. The molecule has 2 saturated carbocycles. The maximum absolute atomic E-state index is 14.4. The summed E-state index contributed by atoms with van der Waals surface area (Å²) >= 11 is 6.53. The second kappa shape index (κ2) is 8.62. The highest BCUT2D eigenvalue weighted by molar-refractivity contribution is 6.36. The molecule has 1 aliphatic heterocycles. The van der Waals surface area contributed by atoms with Gasteiger partial charge in [0.05, 0.1) is 28.0 Å². The maximum atomic E-state index is 14.4. The monoisotopic (exact) mass is 563 g/mol. The quantitative estimate of drug-likeness (QED) is 0.247. The molecule has 6 nitrogen and oxygen atoms in total. The SMILES string of the molecule is C[C@]12CCCC[C@H]1[C@@H]2C(=O)N/N=C\C12c3ccccc3C(c3ccccc31)[C@@H]1C(=O)N(c3ccccc3Cl)C(=O)[C@@H]12. The number of fused-ring (bicyclic) bond motifs is 1. The number of halogens is 1. The number of anilines is 1. The molecule has 0 radical (unpaired) electrons. The Balaban J connectivity index is 1.26. The van der Waals surface area contributed by atoms with Gasteiger partial charge in [-0.25, -0.2) is 10.3 Å². The van der Waals surface area contributed by atoms with Crippen molar-refractivity contribution in [2.24, 2.45) is 34.2 Å². The summed E-state index contributed by atoms with van der Waals surface area (Å²) in [6.45, 7) is 2.22. The van der Waals surface area contributed by atoms with Gasteiger partial charge in [0.1, 0.15) is 0 Å². The number of imide groups is 1. The Bertz CT molecular complexity index is 1640. The van der Waals surface area contributed by atoms with Crippen LogP contribution in [0.1, 0.15) is 60.8 Å². The van der Waals surface area contributed by atoms with Gasteiger partial charge in [0.15, 0.2) is 0 Å². The molecule has 3 fully saturated rings. The Hall–Kier alpha value is -3.77. The van der Waals surface area contributed by atoms with Crippen LogP contribution >= 0.6 is 11.6 Å². The van der Waals surface area contributed by atoms with Crippen LogP contribution in [0, 0.1) is 29.1 Å². The smallest absolute Gasteiger partial charge is 0.244 e. The number of amides is 3. The van der Waals surface area contributed by atoms with Crippen molar-refractivity contribution in [1.29, 1.82) is 0 Å². The minimum absolute atomic E-state index is 0.0283. The number of nitrogens with zero attached hydrogens (tertiary/aromatic N) is 2. The minimum atomic E-state index is -1.02. The van der Waals surface area contributed by atoms with Crippen LogP contribution in [0.15, 0.2) is 77.9 Å². The van der Waals surface area contributed by atoms with Crippen molar-refractivity contribution in [3.63, 3.8) is 0 Å². The van der Waals surface area contributed by atoms with Gasteiger partial charge >= 0.3 is 0 Å². The van der Waals surface area contributed by atoms with Crippen LogP contribution < -0.4 is 10.3 Å². The molecule has 0 aromatic heterocycles. The van der Waals surface area contributed by atoms with E-state index in [9.17, 15) is 14.4 Å². The van der Waals surface area contributed by atoms with E-state index in [2.05, 4.69) is 29.6 Å². The fraction of sp³-hybridized carbons (Fsp3) is 0.353. The van der Waals surface area contributed by atoms with Crippen molar-refractivity contribution in [1.82, 2.24) is 5.43 Å². The molecule has 1 saturated heterocycles. The number of para-hydroxylation sites is 1. The third-order valence-corrected chi connectivity index (χ3v) is 11.2. The minimum Gasteiger partial charge on any atom is -0.274 e. The molecule has 206 valence electrons. The Morgan fingerprint density at radius 1 is 0.951 bits per heavy atom. The number of hydrogen-bond acceptors (Lipinski definition) is 4. The topological polar surface area (TPSA) is 78.8 Å². The third-order valence-electron chi connectivity index (χ3n) is 10.8. The second-order valence-electron chi connectivity index (χ2n) is 12.6. The lowest BCUT2D eigenvalue weighted by Crippen LogP contribution is -2.54. The zero-order valence-electron chi connectivity index (χ0n) is 22.7.